The first-order valence-electron chi connectivity index (χ1n) is 6.61. The Kier molecular flexibility index (Phi) is 8.46. The summed E-state index contributed by atoms with van der Waals surface area (Å²) in [5.41, 5.74) is 4.84. The maximum Gasteiger partial charge on any atom is 1.00 e. The zero-order valence-electron chi connectivity index (χ0n) is 15.9. The number of imidazole rings is 1. The number of aromatic nitrogens is 4. The first-order valence-corrected chi connectivity index (χ1v) is 8.14. The number of hydrogen-bond donors (Lipinski definition) is 6. The molecule has 3 heterocycles. The minimum atomic E-state index is -4.76. The van der Waals surface area contributed by atoms with Crippen molar-refractivity contribution in [3.8, 4) is 0 Å². The van der Waals surface area contributed by atoms with Crippen molar-refractivity contribution in [2.75, 3.05) is 12.3 Å². The molecule has 16 heteroatoms. The summed E-state index contributed by atoms with van der Waals surface area (Å²) in [7, 11) is -4.76. The predicted molar refractivity (Wildman–Crippen MR) is 78.7 cm³/mol. The molecule has 26 heavy (non-hydrogen) atoms. The number of fused-ring (bicyclic) bond motifs is 1. The van der Waals surface area contributed by atoms with Crippen LogP contribution in [0.1, 0.15) is 9.08 Å². The van der Waals surface area contributed by atoms with E-state index in [4.69, 9.17) is 20.3 Å². The third-order valence-electron chi connectivity index (χ3n) is 3.47. The molecule has 4 atom stereocenters. The van der Waals surface area contributed by atoms with Crippen LogP contribution < -0.4 is 70.4 Å². The molecule has 0 spiro atoms. The molecule has 3 rings (SSSR count). The van der Waals surface area contributed by atoms with Gasteiger partial charge in [-0.1, -0.05) is 0 Å². The number of rotatable bonds is 4. The minimum Gasteiger partial charge on any atom is -1.00 e. The van der Waals surface area contributed by atoms with Crippen LogP contribution in [0.3, 0.4) is 0 Å². The van der Waals surface area contributed by atoms with Gasteiger partial charge < -0.3 is 33.3 Å². The number of H-pyrrole nitrogens is 1. The van der Waals surface area contributed by atoms with Crippen LogP contribution in [0, 0.1) is 0 Å². The van der Waals surface area contributed by atoms with Crippen molar-refractivity contribution in [3.63, 3.8) is 0 Å². The van der Waals surface area contributed by atoms with Gasteiger partial charge in [-0.05, 0) is 0 Å². The molecule has 0 aliphatic carbocycles. The average Bonchev–Trinajstić information content (AvgIpc) is 3.00. The fourth-order valence-electron chi connectivity index (χ4n) is 2.40. The number of nitrogens with two attached hydrogens (primary N) is 1. The summed E-state index contributed by atoms with van der Waals surface area (Å²) < 4.78 is 21.6. The molecule has 0 bridgehead atoms. The van der Waals surface area contributed by atoms with Crippen molar-refractivity contribution in [1.29, 1.82) is 0 Å². The number of aliphatic hydroxyl groups excluding tert-OH is 2. The Morgan fingerprint density at radius 3 is 2.65 bits per heavy atom. The summed E-state index contributed by atoms with van der Waals surface area (Å²) in [4.78, 5) is 39.1. The van der Waals surface area contributed by atoms with E-state index in [9.17, 15) is 19.6 Å². The molecule has 0 radical (unpaired) electrons. The van der Waals surface area contributed by atoms with Crippen molar-refractivity contribution < 1.29 is 95.8 Å². The standard InChI is InChI=1S/C10H14N5O8P.2Na.2H/c11-10-13-7-4(8(18)14-10)12-2-15(7)9-6(17)5(16)3(23-9)1-22-24(19,20)21;;;;/h2-3,5-6,9,16-17H,1H2,(H2,19,20,21)(H3,11,13,14,18);;;;/q;2*+1;2*-1/t3-,5-,6-,9-;;;;/m1..../s1. The molecule has 0 aromatic carbocycles. The van der Waals surface area contributed by atoms with Crippen LogP contribution in [0.15, 0.2) is 11.1 Å². The Bertz CT molecular complexity index is 881. The van der Waals surface area contributed by atoms with E-state index in [0.29, 0.717) is 0 Å². The van der Waals surface area contributed by atoms with Crippen molar-refractivity contribution in [2.45, 2.75) is 24.5 Å². The molecule has 0 unspecified atom stereocenters. The van der Waals surface area contributed by atoms with Gasteiger partial charge >= 0.3 is 66.9 Å². The van der Waals surface area contributed by atoms with Crippen LogP contribution in [0.5, 0.6) is 0 Å². The molecule has 13 nitrogen and oxygen atoms in total. The minimum absolute atomic E-state index is 0. The first-order chi connectivity index (χ1) is 11.2. The molecule has 1 fully saturated rings. The topological polar surface area (TPSA) is 206 Å². The SMILES string of the molecule is Nc1nc2c(ncn2[C@@H]2O[C@H](COP(=O)(O)O)[C@@H](O)[C@H]2O)c(=O)[nH]1.[H-].[H-].[Na+].[Na+]. The summed E-state index contributed by atoms with van der Waals surface area (Å²) >= 11 is 0. The molecule has 1 saturated heterocycles. The van der Waals surface area contributed by atoms with E-state index in [1.165, 1.54) is 10.9 Å². The molecule has 2 aromatic rings. The van der Waals surface area contributed by atoms with Gasteiger partial charge in [-0.3, -0.25) is 18.9 Å². The van der Waals surface area contributed by atoms with Crippen molar-refractivity contribution in [1.82, 2.24) is 19.5 Å². The second kappa shape index (κ2) is 9.09. The Hall–Kier alpha value is 0.140. The van der Waals surface area contributed by atoms with Gasteiger partial charge in [0, 0.05) is 0 Å². The van der Waals surface area contributed by atoms with Crippen LogP contribution in [-0.2, 0) is 13.8 Å². The number of aromatic amines is 1. The van der Waals surface area contributed by atoms with Crippen molar-refractivity contribution in [3.05, 3.63) is 16.7 Å². The Morgan fingerprint density at radius 1 is 1.38 bits per heavy atom. The second-order valence-electron chi connectivity index (χ2n) is 5.11. The number of hydrogen-bond acceptors (Lipinski definition) is 9. The monoisotopic (exact) mass is 411 g/mol. The summed E-state index contributed by atoms with van der Waals surface area (Å²) in [5, 5.41) is 20.1. The normalized spacial score (nSPS) is 25.7. The molecule has 136 valence electrons. The molecule has 0 amide bonds. The van der Waals surface area contributed by atoms with Gasteiger partial charge in [-0.25, -0.2) is 9.55 Å². The number of ether oxygens (including phenoxy) is 1. The summed E-state index contributed by atoms with van der Waals surface area (Å²) in [5.74, 6) is -0.177. The molecular weight excluding hydrogens is 395 g/mol. The van der Waals surface area contributed by atoms with Gasteiger partial charge in [0.05, 0.1) is 12.9 Å². The van der Waals surface area contributed by atoms with Crippen LogP contribution in [0.4, 0.5) is 5.95 Å². The number of phosphoric ester groups is 1. The van der Waals surface area contributed by atoms with Crippen LogP contribution in [0.25, 0.3) is 11.2 Å². The number of nitrogens with zero attached hydrogens (tertiary/aromatic N) is 3. The number of nitrogens with one attached hydrogen (secondary N) is 1. The van der Waals surface area contributed by atoms with Gasteiger partial charge in [-0.2, -0.15) is 4.98 Å². The number of aliphatic hydroxyl groups is 2. The number of nitrogen functional groups attached to an aromatic ring is 1. The Morgan fingerprint density at radius 2 is 2.04 bits per heavy atom. The van der Waals surface area contributed by atoms with Gasteiger partial charge in [0.1, 0.15) is 18.3 Å². The number of anilines is 1. The summed E-state index contributed by atoms with van der Waals surface area (Å²) in [6.07, 6.45) is -4.22. The fourth-order valence-corrected chi connectivity index (χ4v) is 2.74. The first kappa shape index (κ1) is 24.2. The Balaban J connectivity index is 0. The van der Waals surface area contributed by atoms with E-state index in [1.54, 1.807) is 0 Å². The maximum absolute atomic E-state index is 11.7. The second-order valence-corrected chi connectivity index (χ2v) is 6.35. The van der Waals surface area contributed by atoms with Crippen LogP contribution in [-0.4, -0.2) is 64.4 Å². The van der Waals surface area contributed by atoms with Crippen LogP contribution in [0.2, 0.25) is 0 Å². The smallest absolute Gasteiger partial charge is 1.00 e. The predicted octanol–water partition coefficient (Wildman–Crippen LogP) is -8.34. The fraction of sp³-hybridized carbons (Fsp3) is 0.500. The summed E-state index contributed by atoms with van der Waals surface area (Å²) in [6, 6.07) is 0. The largest absolute Gasteiger partial charge is 1.00 e. The summed E-state index contributed by atoms with van der Waals surface area (Å²) in [6.45, 7) is -0.651. The number of phosphoric acid groups is 1. The third kappa shape index (κ3) is 4.94. The van der Waals surface area contributed by atoms with E-state index >= 15 is 0 Å². The Labute approximate surface area is 192 Å². The maximum atomic E-state index is 11.7. The van der Waals surface area contributed by atoms with Gasteiger partial charge in [-0.15, -0.1) is 0 Å². The van der Waals surface area contributed by atoms with Gasteiger partial charge in [0.2, 0.25) is 5.95 Å². The molecule has 2 aromatic heterocycles. The quantitative estimate of drug-likeness (QED) is 0.206. The molecule has 1 aliphatic rings. The zero-order valence-corrected chi connectivity index (χ0v) is 18.8. The average molecular weight is 411 g/mol. The van der Waals surface area contributed by atoms with Crippen LogP contribution >= 0.6 is 7.82 Å². The van der Waals surface area contributed by atoms with Gasteiger partial charge in [0.25, 0.3) is 5.56 Å². The molecular formula is C10H16N5Na2O8P. The van der Waals surface area contributed by atoms with E-state index in [2.05, 4.69) is 19.5 Å². The molecule has 0 saturated carbocycles. The van der Waals surface area contributed by atoms with Crippen molar-refractivity contribution >= 4 is 24.9 Å². The van der Waals surface area contributed by atoms with E-state index in [1.807, 2.05) is 0 Å². The molecule has 1 aliphatic heterocycles. The van der Waals surface area contributed by atoms with Crippen molar-refractivity contribution in [2.24, 2.45) is 0 Å². The van der Waals surface area contributed by atoms with E-state index in [0.717, 1.165) is 0 Å². The third-order valence-corrected chi connectivity index (χ3v) is 3.95. The molecule has 7 N–H and O–H groups in total. The van der Waals surface area contributed by atoms with E-state index in [-0.39, 0.29) is 79.1 Å². The zero-order chi connectivity index (χ0) is 17.6. The van der Waals surface area contributed by atoms with Gasteiger partial charge in [0.15, 0.2) is 17.4 Å². The van der Waals surface area contributed by atoms with E-state index < -0.39 is 44.5 Å².